The van der Waals surface area contributed by atoms with Crippen LogP contribution in [0.5, 0.6) is 0 Å². The highest BCUT2D eigenvalue weighted by Crippen LogP contribution is 2.23. The van der Waals surface area contributed by atoms with E-state index in [4.69, 9.17) is 21.8 Å². The van der Waals surface area contributed by atoms with Gasteiger partial charge in [0.05, 0.1) is 18.2 Å². The number of carbonyl (C=O) groups excluding carboxylic acids is 1. The minimum atomic E-state index is -0.155. The lowest BCUT2D eigenvalue weighted by atomic mass is 9.97. The topological polar surface area (TPSA) is 68.3 Å². The van der Waals surface area contributed by atoms with Crippen molar-refractivity contribution in [2.24, 2.45) is 11.7 Å². The monoisotopic (exact) mass is 370 g/mol. The van der Waals surface area contributed by atoms with Gasteiger partial charge in [-0.25, -0.2) is 0 Å². The van der Waals surface area contributed by atoms with Gasteiger partial charge in [0.15, 0.2) is 0 Å². The van der Waals surface area contributed by atoms with Crippen molar-refractivity contribution in [2.45, 2.75) is 39.3 Å². The van der Waals surface area contributed by atoms with Crippen LogP contribution >= 0.6 is 24.0 Å². The summed E-state index contributed by atoms with van der Waals surface area (Å²) in [6.07, 6.45) is 3.33. The summed E-state index contributed by atoms with van der Waals surface area (Å²) in [5.74, 6) is 1.01. The quantitative estimate of drug-likeness (QED) is 0.740. The van der Waals surface area contributed by atoms with Gasteiger partial charge in [0.2, 0.25) is 0 Å². The van der Waals surface area contributed by atoms with Crippen molar-refractivity contribution in [1.29, 1.82) is 0 Å². The Bertz CT molecular complexity index is 639. The summed E-state index contributed by atoms with van der Waals surface area (Å²) in [6.45, 7) is 4.62. The van der Waals surface area contributed by atoms with Crippen LogP contribution in [0.15, 0.2) is 41.0 Å². The summed E-state index contributed by atoms with van der Waals surface area (Å²) < 4.78 is 5.23. The first kappa shape index (κ1) is 20.6. The molecule has 3 N–H and O–H groups in total. The standard InChI is InChI=1S/C18H23ClN2O2.ClH/c1-12(2)3-8-17(13-4-6-15(19)7-5-13)21-18(22)14-9-16(10-20)23-11-14;/h4-7,9,11-12,17H,3,8,10,20H2,1-2H3,(H,21,22);1H. The molecule has 0 saturated heterocycles. The number of nitrogens with two attached hydrogens (primary N) is 1. The van der Waals surface area contributed by atoms with Crippen LogP contribution in [-0.2, 0) is 6.54 Å². The van der Waals surface area contributed by atoms with Crippen LogP contribution in [0.4, 0.5) is 0 Å². The number of rotatable bonds is 7. The predicted molar refractivity (Wildman–Crippen MR) is 99.6 cm³/mol. The highest BCUT2D eigenvalue weighted by molar-refractivity contribution is 6.30. The molecule has 0 spiro atoms. The molecule has 1 atom stereocenters. The maximum absolute atomic E-state index is 12.4. The molecule has 2 rings (SSSR count). The molecule has 0 aliphatic rings. The SMILES string of the molecule is CC(C)CCC(NC(=O)c1coc(CN)c1)c1ccc(Cl)cc1.Cl. The van der Waals surface area contributed by atoms with Crippen molar-refractivity contribution in [3.05, 3.63) is 58.5 Å². The number of furan rings is 1. The molecule has 1 amide bonds. The maximum Gasteiger partial charge on any atom is 0.255 e. The Balaban J connectivity index is 0.00000288. The largest absolute Gasteiger partial charge is 0.467 e. The second-order valence-electron chi connectivity index (χ2n) is 6.05. The Kier molecular flexibility index (Phi) is 8.32. The van der Waals surface area contributed by atoms with Gasteiger partial charge in [0.1, 0.15) is 12.0 Å². The fraction of sp³-hybridized carbons (Fsp3) is 0.389. The normalized spacial score (nSPS) is 11.9. The smallest absolute Gasteiger partial charge is 0.255 e. The van der Waals surface area contributed by atoms with Gasteiger partial charge in [-0.2, -0.15) is 0 Å². The molecular weight excluding hydrogens is 347 g/mol. The van der Waals surface area contributed by atoms with Crippen molar-refractivity contribution in [3.8, 4) is 0 Å². The number of carbonyl (C=O) groups is 1. The predicted octanol–water partition coefficient (Wildman–Crippen LogP) is 4.72. The van der Waals surface area contributed by atoms with E-state index in [9.17, 15) is 4.79 Å². The third kappa shape index (κ3) is 5.86. The van der Waals surface area contributed by atoms with Crippen LogP contribution in [-0.4, -0.2) is 5.91 Å². The molecule has 4 nitrogen and oxygen atoms in total. The minimum Gasteiger partial charge on any atom is -0.467 e. The summed E-state index contributed by atoms with van der Waals surface area (Å²) in [6, 6.07) is 9.21. The number of halogens is 2. The van der Waals surface area contributed by atoms with Crippen LogP contribution in [0.25, 0.3) is 0 Å². The fourth-order valence-electron chi connectivity index (χ4n) is 2.37. The Labute approximate surface area is 154 Å². The molecular formula is C18H24Cl2N2O2. The van der Waals surface area contributed by atoms with Crippen LogP contribution in [0.1, 0.15) is 54.4 Å². The summed E-state index contributed by atoms with van der Waals surface area (Å²) in [4.78, 5) is 12.4. The first-order valence-corrected chi connectivity index (χ1v) is 8.21. The molecule has 0 aliphatic heterocycles. The molecule has 132 valence electrons. The summed E-state index contributed by atoms with van der Waals surface area (Å²) in [7, 11) is 0. The molecule has 0 aliphatic carbocycles. The van der Waals surface area contributed by atoms with Crippen molar-refractivity contribution >= 4 is 29.9 Å². The van der Waals surface area contributed by atoms with Gasteiger partial charge in [-0.15, -0.1) is 12.4 Å². The molecule has 1 heterocycles. The molecule has 2 aromatic rings. The first-order chi connectivity index (χ1) is 11.0. The molecule has 0 fully saturated rings. The second-order valence-corrected chi connectivity index (χ2v) is 6.49. The van der Waals surface area contributed by atoms with Gasteiger partial charge >= 0.3 is 0 Å². The lowest BCUT2D eigenvalue weighted by molar-refractivity contribution is 0.0932. The zero-order valence-corrected chi connectivity index (χ0v) is 15.5. The van der Waals surface area contributed by atoms with Crippen LogP contribution in [0, 0.1) is 5.92 Å². The summed E-state index contributed by atoms with van der Waals surface area (Å²) >= 11 is 5.95. The minimum absolute atomic E-state index is 0. The van der Waals surface area contributed by atoms with Gasteiger partial charge in [-0.1, -0.05) is 37.6 Å². The van der Waals surface area contributed by atoms with Gasteiger partial charge < -0.3 is 15.5 Å². The Morgan fingerprint density at radius 3 is 2.46 bits per heavy atom. The first-order valence-electron chi connectivity index (χ1n) is 7.83. The number of benzene rings is 1. The van der Waals surface area contributed by atoms with E-state index in [2.05, 4.69) is 19.2 Å². The summed E-state index contributed by atoms with van der Waals surface area (Å²) in [5.41, 5.74) is 7.05. The lowest BCUT2D eigenvalue weighted by Crippen LogP contribution is -2.28. The van der Waals surface area contributed by atoms with Gasteiger partial charge in [0, 0.05) is 5.02 Å². The van der Waals surface area contributed by atoms with Crippen LogP contribution < -0.4 is 11.1 Å². The molecule has 1 aromatic carbocycles. The van der Waals surface area contributed by atoms with E-state index in [1.54, 1.807) is 6.07 Å². The molecule has 1 aromatic heterocycles. The third-order valence-electron chi connectivity index (χ3n) is 3.73. The van der Waals surface area contributed by atoms with Gasteiger partial charge in [-0.3, -0.25) is 4.79 Å². The van der Waals surface area contributed by atoms with E-state index in [1.165, 1.54) is 6.26 Å². The zero-order chi connectivity index (χ0) is 16.8. The highest BCUT2D eigenvalue weighted by atomic mass is 35.5. The number of nitrogens with one attached hydrogen (secondary N) is 1. The maximum atomic E-state index is 12.4. The van der Waals surface area contributed by atoms with Gasteiger partial charge in [0.25, 0.3) is 5.91 Å². The molecule has 0 saturated carbocycles. The molecule has 1 unspecified atom stereocenters. The molecule has 6 heteroatoms. The van der Waals surface area contributed by atoms with Crippen molar-refractivity contribution < 1.29 is 9.21 Å². The third-order valence-corrected chi connectivity index (χ3v) is 3.98. The molecule has 0 radical (unpaired) electrons. The number of hydrogen-bond donors (Lipinski definition) is 2. The second kappa shape index (κ2) is 9.72. The van der Waals surface area contributed by atoms with Gasteiger partial charge in [-0.05, 0) is 42.5 Å². The van der Waals surface area contributed by atoms with E-state index < -0.39 is 0 Å². The fourth-order valence-corrected chi connectivity index (χ4v) is 2.49. The van der Waals surface area contributed by atoms with Crippen LogP contribution in [0.2, 0.25) is 5.02 Å². The van der Waals surface area contributed by atoms with Crippen molar-refractivity contribution in [1.82, 2.24) is 5.32 Å². The molecule has 24 heavy (non-hydrogen) atoms. The van der Waals surface area contributed by atoms with Crippen molar-refractivity contribution in [3.63, 3.8) is 0 Å². The van der Waals surface area contributed by atoms with Crippen molar-refractivity contribution in [2.75, 3.05) is 0 Å². The van der Waals surface area contributed by atoms with E-state index in [0.717, 1.165) is 18.4 Å². The average molecular weight is 371 g/mol. The number of amides is 1. The Morgan fingerprint density at radius 2 is 1.92 bits per heavy atom. The highest BCUT2D eigenvalue weighted by Gasteiger charge is 2.17. The van der Waals surface area contributed by atoms with E-state index in [1.807, 2.05) is 24.3 Å². The zero-order valence-electron chi connectivity index (χ0n) is 13.9. The van der Waals surface area contributed by atoms with E-state index in [0.29, 0.717) is 22.3 Å². The Morgan fingerprint density at radius 1 is 1.25 bits per heavy atom. The summed E-state index contributed by atoms with van der Waals surface area (Å²) in [5, 5.41) is 3.76. The lowest BCUT2D eigenvalue weighted by Gasteiger charge is -2.20. The number of hydrogen-bond acceptors (Lipinski definition) is 3. The van der Waals surface area contributed by atoms with Crippen LogP contribution in [0.3, 0.4) is 0 Å². The molecule has 0 bridgehead atoms. The van der Waals surface area contributed by atoms with E-state index >= 15 is 0 Å². The van der Waals surface area contributed by atoms with E-state index in [-0.39, 0.29) is 30.9 Å². The average Bonchev–Trinajstić information content (AvgIpc) is 3.01. The Hall–Kier alpha value is -1.49.